The van der Waals surface area contributed by atoms with Gasteiger partial charge in [0.25, 0.3) is 0 Å². The summed E-state index contributed by atoms with van der Waals surface area (Å²) in [6.45, 7) is 4.08. The van der Waals surface area contributed by atoms with E-state index in [2.05, 4.69) is 93.1 Å². The maximum absolute atomic E-state index is 13.3. The van der Waals surface area contributed by atoms with Gasteiger partial charge in [0.2, 0.25) is 23.6 Å². The van der Waals surface area contributed by atoms with Crippen molar-refractivity contribution in [1.29, 1.82) is 0 Å². The van der Waals surface area contributed by atoms with E-state index in [1.54, 1.807) is 0 Å². The summed E-state index contributed by atoms with van der Waals surface area (Å²) in [7, 11) is -33.2. The van der Waals surface area contributed by atoms with Crippen molar-refractivity contribution < 1.29 is 161 Å². The number of nitrogen functional groups attached to an aromatic ring is 2. The topological polar surface area (TPSA) is 727 Å². The third kappa shape index (κ3) is 30.2. The molecule has 2 saturated heterocycles. The summed E-state index contributed by atoms with van der Waals surface area (Å²) in [5, 5.41) is 53.7. The maximum Gasteiger partial charge on any atom is 0.481 e. The van der Waals surface area contributed by atoms with Crippen LogP contribution in [0.25, 0.3) is 22.3 Å². The number of benzene rings is 1. The van der Waals surface area contributed by atoms with Crippen LogP contribution in [-0.4, -0.2) is 235 Å². The van der Waals surface area contributed by atoms with E-state index in [1.165, 1.54) is 38.8 Å². The second-order valence-corrected chi connectivity index (χ2v) is 40.3. The van der Waals surface area contributed by atoms with Crippen LogP contribution in [0.2, 0.25) is 0 Å². The standard InChI is InChI=1S/C68H108N14O34P6/c1-65(2,45(83)20-28-71-47(85)22-30-73-61(91)55(89)66(3,4)35-109-121(103,104)115-119(99,100)107-33-43-53(113-117(93,94)95)51(87)63(111-43)81-39-79-49-57(69)75-37-77-59(49)81)24-13-9-7-11-16-41-18-15-19-42(32-41)17-12-8-10-14-25-68(26-27-68)46(84)21-29-72-48(86)23-31-74-62(92)56(90)67(5,6)36-110-122(105,106)116-120(101,102)108-34-44-54(114-118(96,97)98)52(88)64(112-44)82-40-80-50-58(70)76-38-78-60(50)82/h15,18-19,32,37-40,43-44,51-56,63-64,87-90H,7-14,16-17,20-31,33-36H2,1-6H3,(H,71,85)(H,72,86)(H,73,91)(H,74,92)(H,99,100)(H,101,102)(H,103,104)(H,105,106)(H2,69,75,77)(H2,70,76,78)(H2,93,94,95)(H2,96,97,98). The van der Waals surface area contributed by atoms with Gasteiger partial charge in [0.1, 0.15) is 84.1 Å². The number of aliphatic hydroxyl groups is 4. The number of unbranched alkanes of at least 4 members (excludes halogenated alkanes) is 6. The quantitative estimate of drug-likeness (QED) is 0.0196. The Morgan fingerprint density at radius 1 is 0.533 bits per heavy atom. The minimum absolute atomic E-state index is 0.00820. The number of aliphatic hydroxyl groups excluding tert-OH is 4. The molecule has 684 valence electrons. The summed E-state index contributed by atoms with van der Waals surface area (Å²) in [4.78, 5) is 181. The van der Waals surface area contributed by atoms with Gasteiger partial charge in [0.05, 0.1) is 39.1 Å². The van der Waals surface area contributed by atoms with Gasteiger partial charge in [0, 0.05) is 73.5 Å². The Morgan fingerprint density at radius 3 is 1.34 bits per heavy atom. The number of ether oxygens (including phenoxy) is 2. The lowest BCUT2D eigenvalue weighted by molar-refractivity contribution is -0.137. The van der Waals surface area contributed by atoms with Gasteiger partial charge in [-0.05, 0) is 62.5 Å². The van der Waals surface area contributed by atoms with Gasteiger partial charge in [-0.15, -0.1) is 0 Å². The smallest absolute Gasteiger partial charge is 0.386 e. The van der Waals surface area contributed by atoms with Crippen LogP contribution in [0.3, 0.4) is 0 Å². The number of nitrogens with two attached hydrogens (primary N) is 2. The van der Waals surface area contributed by atoms with E-state index in [-0.39, 0.29) is 97.4 Å². The van der Waals surface area contributed by atoms with E-state index in [0.29, 0.717) is 6.42 Å². The largest absolute Gasteiger partial charge is 0.481 e. The van der Waals surface area contributed by atoms with Crippen LogP contribution in [0.5, 0.6) is 0 Å². The van der Waals surface area contributed by atoms with Gasteiger partial charge in [-0.25, -0.2) is 57.3 Å². The number of amides is 4. The zero-order chi connectivity index (χ0) is 90.2. The minimum Gasteiger partial charge on any atom is -0.386 e. The molecule has 4 amide bonds. The number of phosphoric ester groups is 6. The number of aryl methyl sites for hydroxylation is 2. The first-order chi connectivity index (χ1) is 56.8. The lowest BCUT2D eigenvalue weighted by Crippen LogP contribution is -2.46. The molecule has 14 atom stereocenters. The molecule has 1 saturated carbocycles. The maximum atomic E-state index is 13.3. The molecule has 3 fully saturated rings. The van der Waals surface area contributed by atoms with Gasteiger partial charge < -0.3 is 102 Å². The molecule has 20 N–H and O–H groups in total. The summed E-state index contributed by atoms with van der Waals surface area (Å²) in [5.74, 6) is -3.13. The highest BCUT2D eigenvalue weighted by atomic mass is 31.3. The minimum atomic E-state index is -5.64. The van der Waals surface area contributed by atoms with E-state index in [0.717, 1.165) is 118 Å². The first-order valence-corrected chi connectivity index (χ1v) is 47.8. The average Bonchev–Trinajstić information content (AvgIpc) is 1.62. The SMILES string of the molecule is CC(C)(CCCCCCc1cccc(CCCCCCC2(C(=O)CCNC(=O)CCNC(=O)C(O)C(C)(C)COP(=O)(O)OP(=O)(O)OCC3OC(n4cnc5c(N)ncnc54)C(O)C3OP(=O)(O)O)CC2)c1)C(=O)CCNC(=O)CCNC(=O)C(O)C(C)(C)COP(=O)(O)OP(=O)(O)OCC1OC(n2cnc3c(N)ncnc32)C(O)C1OP(=O)(O)O. The second-order valence-electron chi connectivity index (χ2n) is 31.8. The fourth-order valence-corrected chi connectivity index (χ4v) is 19.1. The van der Waals surface area contributed by atoms with Crippen molar-refractivity contribution in [2.75, 3.05) is 64.1 Å². The van der Waals surface area contributed by atoms with Crippen LogP contribution in [0.4, 0.5) is 11.6 Å². The molecule has 3 aliphatic rings. The number of carbonyl (C=O) groups is 6. The highest BCUT2D eigenvalue weighted by Gasteiger charge is 2.53. The van der Waals surface area contributed by atoms with Crippen LogP contribution in [-0.2, 0) is 114 Å². The van der Waals surface area contributed by atoms with Gasteiger partial charge in [-0.1, -0.05) is 104 Å². The van der Waals surface area contributed by atoms with Gasteiger partial charge in [-0.2, -0.15) is 8.62 Å². The number of phosphoric acid groups is 6. The summed E-state index contributed by atoms with van der Waals surface area (Å²) in [6, 6.07) is 8.51. The van der Waals surface area contributed by atoms with Gasteiger partial charge in [0.15, 0.2) is 35.4 Å². The molecular weight excluding hydrogens is 1740 g/mol. The van der Waals surface area contributed by atoms with Crippen molar-refractivity contribution in [3.05, 3.63) is 60.7 Å². The number of imidazole rings is 2. The van der Waals surface area contributed by atoms with Crippen molar-refractivity contribution in [2.24, 2.45) is 21.7 Å². The molecule has 6 heterocycles. The highest BCUT2D eigenvalue weighted by molar-refractivity contribution is 7.61. The van der Waals surface area contributed by atoms with Gasteiger partial charge in [-0.3, -0.25) is 65.0 Å². The number of hydrogen-bond acceptors (Lipinski definition) is 34. The zero-order valence-corrected chi connectivity index (χ0v) is 72.9. The molecular formula is C68H108N14O34P6. The van der Waals surface area contributed by atoms with E-state index in [9.17, 15) is 116 Å². The lowest BCUT2D eigenvalue weighted by Gasteiger charge is -2.30. The Labute approximate surface area is 699 Å². The number of hydrogen-bond donors (Lipinski definition) is 18. The van der Waals surface area contributed by atoms with Gasteiger partial charge >= 0.3 is 46.9 Å². The molecule has 4 aromatic heterocycles. The number of anilines is 2. The predicted octanol–water partition coefficient (Wildman–Crippen LogP) is 3.23. The summed E-state index contributed by atoms with van der Waals surface area (Å²) in [5.41, 5.74) is 9.82. The number of fused-ring (bicyclic) bond motifs is 2. The van der Waals surface area contributed by atoms with E-state index in [1.807, 2.05) is 13.8 Å². The van der Waals surface area contributed by atoms with E-state index < -0.39 is 180 Å². The number of nitrogens with zero attached hydrogens (tertiary/aromatic N) is 8. The summed E-state index contributed by atoms with van der Waals surface area (Å²) >= 11 is 0. The number of Topliss-reactive ketones (excluding diaryl/α,β-unsaturated/α-hetero) is 2. The lowest BCUT2D eigenvalue weighted by atomic mass is 9.81. The van der Waals surface area contributed by atoms with Crippen molar-refractivity contribution in [3.8, 4) is 0 Å². The molecule has 14 unspecified atom stereocenters. The molecule has 5 aromatic rings. The molecule has 0 radical (unpaired) electrons. The first kappa shape index (κ1) is 101. The van der Waals surface area contributed by atoms with Crippen LogP contribution in [0.15, 0.2) is 49.6 Å². The third-order valence-corrected chi connectivity index (χ3v) is 26.8. The van der Waals surface area contributed by atoms with E-state index in [4.69, 9.17) is 39.0 Å². The Bertz CT molecular complexity index is 4490. The highest BCUT2D eigenvalue weighted by Crippen LogP contribution is 2.63. The summed E-state index contributed by atoms with van der Waals surface area (Å²) in [6.07, 6.45) is -2.05. The monoisotopic (exact) mass is 1850 g/mol. The number of ketones is 2. The zero-order valence-electron chi connectivity index (χ0n) is 67.5. The number of aromatic nitrogens is 8. The fraction of sp³-hybridized carbons (Fsp3) is 0.676. The third-order valence-electron chi connectivity index (χ3n) is 20.6. The molecule has 0 spiro atoms. The normalized spacial score (nSPS) is 22.0. The van der Waals surface area contributed by atoms with Crippen LogP contribution in [0, 0.1) is 21.7 Å². The molecule has 48 nitrogen and oxygen atoms in total. The molecule has 0 bridgehead atoms. The van der Waals surface area contributed by atoms with E-state index >= 15 is 0 Å². The number of carbonyl (C=O) groups excluding carboxylic acids is 6. The van der Waals surface area contributed by atoms with Crippen LogP contribution >= 0.6 is 46.9 Å². The first-order valence-electron chi connectivity index (χ1n) is 38.7. The predicted molar refractivity (Wildman–Crippen MR) is 424 cm³/mol. The molecule has 8 rings (SSSR count). The van der Waals surface area contributed by atoms with Crippen molar-refractivity contribution in [2.45, 2.75) is 218 Å². The molecule has 1 aliphatic carbocycles. The average molecular weight is 1850 g/mol. The Hall–Kier alpha value is -6.36. The fourth-order valence-electron chi connectivity index (χ4n) is 13.4. The Balaban J connectivity index is 0.617. The van der Waals surface area contributed by atoms with Crippen molar-refractivity contribution in [3.63, 3.8) is 0 Å². The van der Waals surface area contributed by atoms with Crippen LogP contribution < -0.4 is 32.7 Å². The molecule has 2 aliphatic heterocycles. The number of nitrogens with one attached hydrogen (secondary N) is 4. The Kier molecular flexibility index (Phi) is 35.6. The number of rotatable bonds is 54. The second kappa shape index (κ2) is 43.0. The molecule has 1 aromatic carbocycles. The van der Waals surface area contributed by atoms with Crippen LogP contribution in [0.1, 0.15) is 168 Å². The Morgan fingerprint density at radius 2 is 0.926 bits per heavy atom. The molecule has 122 heavy (non-hydrogen) atoms. The molecule has 54 heteroatoms. The van der Waals surface area contributed by atoms with Crippen molar-refractivity contribution in [1.82, 2.24) is 60.3 Å². The van der Waals surface area contributed by atoms with Crippen molar-refractivity contribution >= 4 is 116 Å². The summed E-state index contributed by atoms with van der Waals surface area (Å²) < 4.78 is 126.